The van der Waals surface area contributed by atoms with Crippen LogP contribution in [0.2, 0.25) is 0 Å². The summed E-state index contributed by atoms with van der Waals surface area (Å²) >= 11 is 0. The molecule has 0 aliphatic carbocycles. The Morgan fingerprint density at radius 3 is 2.54 bits per heavy atom. The summed E-state index contributed by atoms with van der Waals surface area (Å²) in [7, 11) is 3.72. The molecule has 1 amide bonds. The first-order valence-corrected chi connectivity index (χ1v) is 8.12. The molecule has 5 nitrogen and oxygen atoms in total. The van der Waals surface area contributed by atoms with Gasteiger partial charge in [-0.3, -0.25) is 4.79 Å². The van der Waals surface area contributed by atoms with Crippen LogP contribution in [0.15, 0.2) is 48.7 Å². The van der Waals surface area contributed by atoms with Crippen LogP contribution >= 0.6 is 0 Å². The number of benzene rings is 1. The number of nitrogens with one attached hydrogen (secondary N) is 1. The third-order valence-electron chi connectivity index (χ3n) is 3.86. The zero-order valence-electron chi connectivity index (χ0n) is 14.4. The molecule has 2 unspecified atom stereocenters. The number of rotatable bonds is 7. The highest BCUT2D eigenvalue weighted by molar-refractivity contribution is 5.98. The van der Waals surface area contributed by atoms with Crippen LogP contribution in [0.25, 0.3) is 0 Å². The number of carbonyl (C=O) groups is 1. The van der Waals surface area contributed by atoms with Gasteiger partial charge in [-0.2, -0.15) is 0 Å². The second-order valence-corrected chi connectivity index (χ2v) is 6.17. The lowest BCUT2D eigenvalue weighted by Gasteiger charge is -2.21. The summed E-state index contributed by atoms with van der Waals surface area (Å²) in [6, 6.07) is 13.5. The molecule has 0 bridgehead atoms. The first-order valence-electron chi connectivity index (χ1n) is 8.12. The maximum atomic E-state index is 12.6. The number of aliphatic hydroxyl groups is 1. The first kappa shape index (κ1) is 17.9. The second kappa shape index (κ2) is 8.45. The summed E-state index contributed by atoms with van der Waals surface area (Å²) in [5.41, 5.74) is 1.66. The van der Waals surface area contributed by atoms with E-state index >= 15 is 0 Å². The van der Waals surface area contributed by atoms with Crippen LogP contribution in [0.4, 0.5) is 5.82 Å². The summed E-state index contributed by atoms with van der Waals surface area (Å²) in [5, 5.41) is 12.7. The van der Waals surface area contributed by atoms with Crippen LogP contribution in [0.1, 0.15) is 35.2 Å². The van der Waals surface area contributed by atoms with Gasteiger partial charge in [0.15, 0.2) is 0 Å². The van der Waals surface area contributed by atoms with Gasteiger partial charge in [0, 0.05) is 32.8 Å². The quantitative estimate of drug-likeness (QED) is 0.820. The predicted molar refractivity (Wildman–Crippen MR) is 96.4 cm³/mol. The molecule has 1 aromatic heterocycles. The van der Waals surface area contributed by atoms with Gasteiger partial charge in [0.05, 0.1) is 11.7 Å². The Kier molecular flexibility index (Phi) is 6.32. The zero-order chi connectivity index (χ0) is 17.5. The number of carbonyl (C=O) groups excluding carboxylic acids is 1. The molecule has 0 spiro atoms. The van der Waals surface area contributed by atoms with Gasteiger partial charge in [0.2, 0.25) is 0 Å². The fourth-order valence-corrected chi connectivity index (χ4v) is 2.72. The van der Waals surface area contributed by atoms with Crippen LogP contribution < -0.4 is 10.2 Å². The van der Waals surface area contributed by atoms with Crippen molar-refractivity contribution in [1.29, 1.82) is 0 Å². The van der Waals surface area contributed by atoms with E-state index in [1.807, 2.05) is 49.3 Å². The van der Waals surface area contributed by atoms with Crippen LogP contribution in [-0.4, -0.2) is 42.7 Å². The molecule has 2 aromatic rings. The summed E-state index contributed by atoms with van der Waals surface area (Å²) in [4.78, 5) is 18.6. The van der Waals surface area contributed by atoms with E-state index in [0.29, 0.717) is 24.3 Å². The molecule has 0 aliphatic heterocycles. The Morgan fingerprint density at radius 2 is 1.92 bits per heavy atom. The number of hydrogen-bond acceptors (Lipinski definition) is 4. The summed E-state index contributed by atoms with van der Waals surface area (Å²) in [5.74, 6) is 0.551. The maximum Gasteiger partial charge on any atom is 0.255 e. The Hall–Kier alpha value is -2.40. The molecular weight excluding hydrogens is 302 g/mol. The van der Waals surface area contributed by atoms with Crippen molar-refractivity contribution in [1.82, 2.24) is 10.3 Å². The molecule has 2 atom stereocenters. The van der Waals surface area contributed by atoms with Crippen molar-refractivity contribution in [2.75, 3.05) is 25.5 Å². The first-order chi connectivity index (χ1) is 11.5. The third kappa shape index (κ3) is 4.80. The van der Waals surface area contributed by atoms with Crippen molar-refractivity contribution in [2.24, 2.45) is 0 Å². The lowest BCUT2D eigenvalue weighted by Crippen LogP contribution is -2.31. The smallest absolute Gasteiger partial charge is 0.255 e. The number of aromatic nitrogens is 1. The van der Waals surface area contributed by atoms with Gasteiger partial charge in [-0.15, -0.1) is 0 Å². The number of pyridine rings is 1. The average molecular weight is 327 g/mol. The van der Waals surface area contributed by atoms with Gasteiger partial charge in [-0.05, 0) is 31.0 Å². The van der Waals surface area contributed by atoms with E-state index in [9.17, 15) is 9.90 Å². The minimum Gasteiger partial charge on any atom is -0.393 e. The van der Waals surface area contributed by atoms with Crippen molar-refractivity contribution in [3.63, 3.8) is 0 Å². The summed E-state index contributed by atoms with van der Waals surface area (Å²) in [6.07, 6.45) is 1.84. The van der Waals surface area contributed by atoms with E-state index in [1.54, 1.807) is 25.3 Å². The highest BCUT2D eigenvalue weighted by Crippen LogP contribution is 2.21. The third-order valence-corrected chi connectivity index (χ3v) is 3.86. The van der Waals surface area contributed by atoms with Gasteiger partial charge in [-0.25, -0.2) is 4.98 Å². The van der Waals surface area contributed by atoms with Crippen LogP contribution in [0, 0.1) is 0 Å². The fraction of sp³-hybridized carbons (Fsp3) is 0.368. The van der Waals surface area contributed by atoms with Gasteiger partial charge >= 0.3 is 0 Å². The highest BCUT2D eigenvalue weighted by atomic mass is 16.3. The van der Waals surface area contributed by atoms with Crippen molar-refractivity contribution >= 4 is 11.7 Å². The van der Waals surface area contributed by atoms with Gasteiger partial charge in [0.25, 0.3) is 5.91 Å². The largest absolute Gasteiger partial charge is 0.393 e. The topological polar surface area (TPSA) is 65.5 Å². The standard InChI is InChI=1S/C19H25N3O2/c1-14(23)12-16(15-8-5-4-6-9-15)13-21-19(24)17-10-7-11-20-18(17)22(2)3/h4-11,14,16,23H,12-13H2,1-3H3,(H,21,24). The normalized spacial score (nSPS) is 13.2. The molecule has 24 heavy (non-hydrogen) atoms. The second-order valence-electron chi connectivity index (χ2n) is 6.17. The minimum atomic E-state index is -0.428. The average Bonchev–Trinajstić information content (AvgIpc) is 2.58. The fourth-order valence-electron chi connectivity index (χ4n) is 2.72. The van der Waals surface area contributed by atoms with E-state index < -0.39 is 6.10 Å². The molecule has 0 saturated carbocycles. The Bertz CT molecular complexity index is 657. The minimum absolute atomic E-state index is 0.0645. The number of nitrogens with zero attached hydrogens (tertiary/aromatic N) is 2. The Balaban J connectivity index is 2.10. The van der Waals surface area contributed by atoms with Crippen LogP contribution in [0.3, 0.4) is 0 Å². The predicted octanol–water partition coefficient (Wildman–Crippen LogP) is 2.43. The van der Waals surface area contributed by atoms with Crippen LogP contribution in [0.5, 0.6) is 0 Å². The Morgan fingerprint density at radius 1 is 1.21 bits per heavy atom. The molecule has 0 saturated heterocycles. The van der Waals surface area contributed by atoms with E-state index in [4.69, 9.17) is 0 Å². The number of anilines is 1. The zero-order valence-corrected chi connectivity index (χ0v) is 14.4. The molecule has 0 aliphatic rings. The van der Waals surface area contributed by atoms with E-state index in [0.717, 1.165) is 5.56 Å². The highest BCUT2D eigenvalue weighted by Gasteiger charge is 2.18. The maximum absolute atomic E-state index is 12.6. The van der Waals surface area contributed by atoms with E-state index in [1.165, 1.54) is 0 Å². The van der Waals surface area contributed by atoms with Gasteiger partial charge in [-0.1, -0.05) is 30.3 Å². The molecule has 1 aromatic carbocycles. The molecule has 2 N–H and O–H groups in total. The van der Waals surface area contributed by atoms with Gasteiger partial charge < -0.3 is 15.3 Å². The SMILES string of the molecule is CC(O)CC(CNC(=O)c1cccnc1N(C)C)c1ccccc1. The van der Waals surface area contributed by atoms with Crippen molar-refractivity contribution in [3.8, 4) is 0 Å². The molecule has 0 radical (unpaired) electrons. The summed E-state index contributed by atoms with van der Waals surface area (Å²) < 4.78 is 0. The monoisotopic (exact) mass is 327 g/mol. The lowest BCUT2D eigenvalue weighted by atomic mass is 9.93. The molecule has 0 fully saturated rings. The van der Waals surface area contributed by atoms with Crippen molar-refractivity contribution in [3.05, 3.63) is 59.8 Å². The molecule has 128 valence electrons. The van der Waals surface area contributed by atoms with Crippen molar-refractivity contribution < 1.29 is 9.90 Å². The summed E-state index contributed by atoms with van der Waals surface area (Å²) in [6.45, 7) is 2.23. The molecular formula is C19H25N3O2. The number of amides is 1. The van der Waals surface area contributed by atoms with E-state index in [2.05, 4.69) is 10.3 Å². The van der Waals surface area contributed by atoms with Crippen molar-refractivity contribution in [2.45, 2.75) is 25.4 Å². The lowest BCUT2D eigenvalue weighted by molar-refractivity contribution is 0.0946. The van der Waals surface area contributed by atoms with Gasteiger partial charge in [0.1, 0.15) is 5.82 Å². The number of aliphatic hydroxyl groups excluding tert-OH is 1. The van der Waals surface area contributed by atoms with Crippen LogP contribution in [-0.2, 0) is 0 Å². The molecule has 5 heteroatoms. The Labute approximate surface area is 143 Å². The molecule has 2 rings (SSSR count). The molecule has 1 heterocycles. The number of hydrogen-bond donors (Lipinski definition) is 2. The van der Waals surface area contributed by atoms with E-state index in [-0.39, 0.29) is 11.8 Å².